The van der Waals surface area contributed by atoms with E-state index in [9.17, 15) is 9.59 Å². The molecule has 0 amide bonds. The van der Waals surface area contributed by atoms with Gasteiger partial charge in [0, 0.05) is 45.4 Å². The highest BCUT2D eigenvalue weighted by molar-refractivity contribution is 7.22. The first kappa shape index (κ1) is 17.5. The molecule has 0 aliphatic rings. The molecule has 0 N–H and O–H groups in total. The van der Waals surface area contributed by atoms with Crippen LogP contribution in [0, 0.1) is 0 Å². The molecule has 0 aliphatic carbocycles. The van der Waals surface area contributed by atoms with Crippen molar-refractivity contribution in [1.29, 1.82) is 0 Å². The number of aldehydes is 1. The van der Waals surface area contributed by atoms with Crippen molar-refractivity contribution in [2.45, 2.75) is 13.8 Å². The summed E-state index contributed by atoms with van der Waals surface area (Å²) in [4.78, 5) is 27.3. The van der Waals surface area contributed by atoms with Gasteiger partial charge in [0.15, 0.2) is 6.29 Å². The lowest BCUT2D eigenvalue weighted by molar-refractivity contribution is 0.112. The summed E-state index contributed by atoms with van der Waals surface area (Å²) in [5.74, 6) is 0. The lowest BCUT2D eigenvalue weighted by Crippen LogP contribution is -2.21. The summed E-state index contributed by atoms with van der Waals surface area (Å²) in [7, 11) is 0. The quantitative estimate of drug-likeness (QED) is 0.348. The highest BCUT2D eigenvalue weighted by Crippen LogP contribution is 2.38. The Morgan fingerprint density at radius 2 is 1.85 bits per heavy atom. The van der Waals surface area contributed by atoms with Gasteiger partial charge in [0.2, 0.25) is 0 Å². The molecule has 5 heteroatoms. The van der Waals surface area contributed by atoms with Crippen LogP contribution in [0.1, 0.15) is 24.2 Å². The third-order valence-electron chi connectivity index (χ3n) is 4.84. The van der Waals surface area contributed by atoms with Crippen molar-refractivity contribution in [3.05, 3.63) is 64.5 Å². The van der Waals surface area contributed by atoms with Crippen LogP contribution in [0.3, 0.4) is 0 Å². The van der Waals surface area contributed by atoms with Crippen LogP contribution in [0.2, 0.25) is 0 Å². The lowest BCUT2D eigenvalue weighted by Gasteiger charge is -2.21. The van der Waals surface area contributed by atoms with Gasteiger partial charge in [-0.3, -0.25) is 4.79 Å². The first-order valence-electron chi connectivity index (χ1n) is 8.96. The fraction of sp³-hybridized carbons (Fsp3) is 0.182. The number of carbonyl (C=O) groups is 1. The molecule has 4 nitrogen and oxygen atoms in total. The van der Waals surface area contributed by atoms with Gasteiger partial charge in [0.1, 0.15) is 11.1 Å². The lowest BCUT2D eigenvalue weighted by atomic mass is 10.0. The van der Waals surface area contributed by atoms with Crippen LogP contribution in [0.5, 0.6) is 0 Å². The van der Waals surface area contributed by atoms with Gasteiger partial charge >= 0.3 is 5.63 Å². The summed E-state index contributed by atoms with van der Waals surface area (Å²) in [5.41, 5.74) is 1.63. The van der Waals surface area contributed by atoms with Crippen molar-refractivity contribution in [1.82, 2.24) is 0 Å². The normalized spacial score (nSPS) is 11.2. The second-order valence-corrected chi connectivity index (χ2v) is 7.38. The standard InChI is InChI=1S/C22H19NO3S/c1-3-23(4-2)15-9-10-16-18(12-15)26-22(25)17(13-24)21(16)20-11-14-7-5-6-8-19(14)27-20/h5-13H,3-4H2,1-2H3. The zero-order valence-electron chi connectivity index (χ0n) is 15.2. The largest absolute Gasteiger partial charge is 0.422 e. The molecule has 0 unspecified atom stereocenters. The molecule has 4 aromatic rings. The molecule has 0 saturated carbocycles. The SMILES string of the molecule is CCN(CC)c1ccc2c(-c3cc4ccccc4s3)c(C=O)c(=O)oc2c1. The molecule has 27 heavy (non-hydrogen) atoms. The summed E-state index contributed by atoms with van der Waals surface area (Å²) in [5, 5.41) is 1.87. The minimum absolute atomic E-state index is 0.0737. The summed E-state index contributed by atoms with van der Waals surface area (Å²) in [6.07, 6.45) is 0.600. The van der Waals surface area contributed by atoms with Crippen molar-refractivity contribution in [3.63, 3.8) is 0 Å². The smallest absolute Gasteiger partial charge is 0.347 e. The molecular weight excluding hydrogens is 358 g/mol. The number of carbonyl (C=O) groups excluding carboxylic acids is 1. The van der Waals surface area contributed by atoms with Crippen molar-refractivity contribution in [3.8, 4) is 10.4 Å². The number of nitrogens with zero attached hydrogens (tertiary/aromatic N) is 1. The molecule has 0 bridgehead atoms. The highest BCUT2D eigenvalue weighted by atomic mass is 32.1. The minimum Gasteiger partial charge on any atom is -0.422 e. The Kier molecular flexibility index (Phi) is 4.54. The predicted molar refractivity (Wildman–Crippen MR) is 112 cm³/mol. The Bertz CT molecular complexity index is 1170. The molecule has 2 aromatic carbocycles. The van der Waals surface area contributed by atoms with Gasteiger partial charge in [0.05, 0.1) is 0 Å². The van der Waals surface area contributed by atoms with E-state index in [-0.39, 0.29) is 5.56 Å². The van der Waals surface area contributed by atoms with E-state index in [1.165, 1.54) is 0 Å². The number of hydrogen-bond donors (Lipinski definition) is 0. The molecule has 4 rings (SSSR count). The fourth-order valence-electron chi connectivity index (χ4n) is 3.47. The molecular formula is C22H19NO3S. The number of hydrogen-bond acceptors (Lipinski definition) is 5. The van der Waals surface area contributed by atoms with E-state index < -0.39 is 5.63 Å². The van der Waals surface area contributed by atoms with Crippen molar-refractivity contribution in [2.24, 2.45) is 0 Å². The zero-order chi connectivity index (χ0) is 19.0. The van der Waals surface area contributed by atoms with Crippen molar-refractivity contribution >= 4 is 44.4 Å². The fourth-order valence-corrected chi connectivity index (χ4v) is 4.60. The molecule has 0 radical (unpaired) electrons. The molecule has 136 valence electrons. The Morgan fingerprint density at radius 1 is 1.07 bits per heavy atom. The van der Waals surface area contributed by atoms with Gasteiger partial charge in [-0.25, -0.2) is 4.79 Å². The number of thiophene rings is 1. The molecule has 0 atom stereocenters. The average Bonchev–Trinajstić information content (AvgIpc) is 3.11. The van der Waals surface area contributed by atoms with Crippen molar-refractivity contribution in [2.75, 3.05) is 18.0 Å². The Morgan fingerprint density at radius 3 is 2.56 bits per heavy atom. The molecule has 0 saturated heterocycles. The van der Waals surface area contributed by atoms with E-state index in [2.05, 4.69) is 18.7 Å². The Hall–Kier alpha value is -2.92. The van der Waals surface area contributed by atoms with Gasteiger partial charge in [-0.05, 0) is 43.5 Å². The van der Waals surface area contributed by atoms with E-state index in [1.54, 1.807) is 11.3 Å². The summed E-state index contributed by atoms with van der Waals surface area (Å²) in [6.45, 7) is 5.90. The van der Waals surface area contributed by atoms with E-state index in [4.69, 9.17) is 4.42 Å². The second-order valence-electron chi connectivity index (χ2n) is 6.30. The predicted octanol–water partition coefficient (Wildman–Crippen LogP) is 5.33. The van der Waals surface area contributed by atoms with Gasteiger partial charge < -0.3 is 9.32 Å². The molecule has 2 heterocycles. The summed E-state index contributed by atoms with van der Waals surface area (Å²) in [6, 6.07) is 15.9. The maximum Gasteiger partial charge on any atom is 0.347 e. The van der Waals surface area contributed by atoms with Gasteiger partial charge in [-0.15, -0.1) is 11.3 Å². The maximum atomic E-state index is 12.5. The number of rotatable bonds is 5. The van der Waals surface area contributed by atoms with Gasteiger partial charge in [-0.1, -0.05) is 18.2 Å². The van der Waals surface area contributed by atoms with Crippen LogP contribution in [0.15, 0.2) is 57.7 Å². The Balaban J connectivity index is 2.02. The third-order valence-corrected chi connectivity index (χ3v) is 5.98. The molecule has 2 aromatic heterocycles. The van der Waals surface area contributed by atoms with Crippen LogP contribution in [0.25, 0.3) is 31.5 Å². The third kappa shape index (κ3) is 2.94. The van der Waals surface area contributed by atoms with E-state index in [1.807, 2.05) is 48.5 Å². The summed E-state index contributed by atoms with van der Waals surface area (Å²) >= 11 is 1.57. The first-order valence-corrected chi connectivity index (χ1v) is 9.77. The minimum atomic E-state index is -0.596. The molecule has 0 spiro atoms. The van der Waals surface area contributed by atoms with E-state index in [0.29, 0.717) is 17.4 Å². The molecule has 0 fully saturated rings. The zero-order valence-corrected chi connectivity index (χ0v) is 16.0. The number of fused-ring (bicyclic) bond motifs is 2. The topological polar surface area (TPSA) is 50.5 Å². The summed E-state index contributed by atoms with van der Waals surface area (Å²) < 4.78 is 6.61. The second kappa shape index (κ2) is 7.00. The molecule has 0 aliphatic heterocycles. The Labute approximate surface area is 160 Å². The van der Waals surface area contributed by atoms with Crippen LogP contribution < -0.4 is 10.5 Å². The number of benzene rings is 2. The van der Waals surface area contributed by atoms with E-state index in [0.717, 1.165) is 39.1 Å². The van der Waals surface area contributed by atoms with Crippen LogP contribution in [0.4, 0.5) is 5.69 Å². The van der Waals surface area contributed by atoms with Crippen molar-refractivity contribution < 1.29 is 9.21 Å². The van der Waals surface area contributed by atoms with Gasteiger partial charge in [-0.2, -0.15) is 0 Å². The maximum absolute atomic E-state index is 12.5. The van der Waals surface area contributed by atoms with Crippen LogP contribution in [-0.2, 0) is 0 Å². The monoisotopic (exact) mass is 377 g/mol. The van der Waals surface area contributed by atoms with Crippen LogP contribution >= 0.6 is 11.3 Å². The average molecular weight is 377 g/mol. The highest BCUT2D eigenvalue weighted by Gasteiger charge is 2.18. The van der Waals surface area contributed by atoms with E-state index >= 15 is 0 Å². The number of anilines is 1. The first-order chi connectivity index (χ1) is 13.2. The van der Waals surface area contributed by atoms with Crippen LogP contribution in [-0.4, -0.2) is 19.4 Å². The van der Waals surface area contributed by atoms with Gasteiger partial charge in [0.25, 0.3) is 0 Å².